The van der Waals surface area contributed by atoms with Crippen LogP contribution in [0.15, 0.2) is 41.6 Å². The lowest BCUT2D eigenvalue weighted by Crippen LogP contribution is -2.12. The van der Waals surface area contributed by atoms with Crippen LogP contribution < -0.4 is 14.8 Å². The fourth-order valence-corrected chi connectivity index (χ4v) is 2.59. The highest BCUT2D eigenvalue weighted by Crippen LogP contribution is 2.38. The molecule has 8 heteroatoms. The van der Waals surface area contributed by atoms with Gasteiger partial charge in [-0.05, 0) is 35.9 Å². The lowest BCUT2D eigenvalue weighted by atomic mass is 10.2. The molecule has 0 bridgehead atoms. The van der Waals surface area contributed by atoms with Gasteiger partial charge in [0, 0.05) is 12.1 Å². The van der Waals surface area contributed by atoms with E-state index in [9.17, 15) is 9.18 Å². The standard InChI is InChI=1S/C18H16ClFN2O4/c19-15-7-12(8-16-18(15)25-6-2-5-24-16)11-26-21-10-17(23)22-14-4-1-3-13(20)9-14/h1,3-4,7-10H,2,5-6,11H2,(H,22,23)/b21-10+. The molecule has 0 aliphatic carbocycles. The second kappa shape index (κ2) is 8.53. The smallest absolute Gasteiger partial charge is 0.270 e. The van der Waals surface area contributed by atoms with E-state index in [1.807, 2.05) is 0 Å². The van der Waals surface area contributed by atoms with E-state index in [2.05, 4.69) is 10.5 Å². The van der Waals surface area contributed by atoms with Crippen LogP contribution in [0, 0.1) is 5.82 Å². The number of amides is 1. The van der Waals surface area contributed by atoms with Crippen molar-refractivity contribution in [1.29, 1.82) is 0 Å². The van der Waals surface area contributed by atoms with Gasteiger partial charge in [0.2, 0.25) is 0 Å². The third kappa shape index (κ3) is 4.86. The predicted molar refractivity (Wildman–Crippen MR) is 95.4 cm³/mol. The van der Waals surface area contributed by atoms with Crippen molar-refractivity contribution in [2.45, 2.75) is 13.0 Å². The Hall–Kier alpha value is -2.80. The van der Waals surface area contributed by atoms with E-state index in [-0.39, 0.29) is 6.61 Å². The summed E-state index contributed by atoms with van der Waals surface area (Å²) in [6.45, 7) is 1.19. The van der Waals surface area contributed by atoms with E-state index in [1.54, 1.807) is 18.2 Å². The normalized spacial score (nSPS) is 13.3. The van der Waals surface area contributed by atoms with Crippen molar-refractivity contribution in [3.05, 3.63) is 52.8 Å². The summed E-state index contributed by atoms with van der Waals surface area (Å²) in [5.74, 6) is 0.0990. The fourth-order valence-electron chi connectivity index (χ4n) is 2.31. The molecule has 26 heavy (non-hydrogen) atoms. The first-order valence-electron chi connectivity index (χ1n) is 7.92. The Kier molecular flexibility index (Phi) is 5.91. The Balaban J connectivity index is 1.54. The molecule has 136 valence electrons. The number of halogens is 2. The van der Waals surface area contributed by atoms with Gasteiger partial charge < -0.3 is 19.6 Å². The summed E-state index contributed by atoms with van der Waals surface area (Å²) in [4.78, 5) is 16.8. The van der Waals surface area contributed by atoms with Crippen LogP contribution in [0.25, 0.3) is 0 Å². The van der Waals surface area contributed by atoms with E-state index in [1.165, 1.54) is 18.2 Å². The number of fused-ring (bicyclic) bond motifs is 1. The van der Waals surface area contributed by atoms with Crippen molar-refractivity contribution in [1.82, 2.24) is 0 Å². The summed E-state index contributed by atoms with van der Waals surface area (Å²) in [5, 5.41) is 6.50. The van der Waals surface area contributed by atoms with Crippen LogP contribution in [0.3, 0.4) is 0 Å². The predicted octanol–water partition coefficient (Wildman–Crippen LogP) is 3.78. The minimum absolute atomic E-state index is 0.0973. The van der Waals surface area contributed by atoms with Gasteiger partial charge in [0.05, 0.1) is 18.2 Å². The zero-order valence-corrected chi connectivity index (χ0v) is 14.5. The highest BCUT2D eigenvalue weighted by Gasteiger charge is 2.15. The van der Waals surface area contributed by atoms with E-state index < -0.39 is 11.7 Å². The third-order valence-electron chi connectivity index (χ3n) is 3.43. The van der Waals surface area contributed by atoms with Gasteiger partial charge in [0.15, 0.2) is 11.5 Å². The van der Waals surface area contributed by atoms with Crippen LogP contribution in [0.1, 0.15) is 12.0 Å². The molecule has 1 heterocycles. The Morgan fingerprint density at radius 2 is 2.15 bits per heavy atom. The second-order valence-corrected chi connectivity index (χ2v) is 5.87. The molecule has 0 unspecified atom stereocenters. The average Bonchev–Trinajstić information content (AvgIpc) is 2.85. The number of hydrogen-bond donors (Lipinski definition) is 1. The zero-order chi connectivity index (χ0) is 18.4. The molecule has 0 atom stereocenters. The van der Waals surface area contributed by atoms with E-state index in [4.69, 9.17) is 25.9 Å². The summed E-state index contributed by atoms with van der Waals surface area (Å²) < 4.78 is 24.2. The van der Waals surface area contributed by atoms with E-state index >= 15 is 0 Å². The molecule has 0 saturated carbocycles. The molecule has 1 N–H and O–H groups in total. The van der Waals surface area contributed by atoms with Crippen molar-refractivity contribution in [3.8, 4) is 11.5 Å². The summed E-state index contributed by atoms with van der Waals surface area (Å²) in [6.07, 6.45) is 1.75. The van der Waals surface area contributed by atoms with Crippen LogP contribution in [0.5, 0.6) is 11.5 Å². The van der Waals surface area contributed by atoms with Gasteiger partial charge in [-0.3, -0.25) is 4.79 Å². The number of carbonyl (C=O) groups excluding carboxylic acids is 1. The number of benzene rings is 2. The minimum atomic E-state index is -0.535. The van der Waals surface area contributed by atoms with Crippen molar-refractivity contribution in [3.63, 3.8) is 0 Å². The lowest BCUT2D eigenvalue weighted by molar-refractivity contribution is -0.110. The summed E-state index contributed by atoms with van der Waals surface area (Å²) >= 11 is 6.19. The Bertz CT molecular complexity index is 829. The Labute approximate surface area is 154 Å². The molecule has 0 fully saturated rings. The highest BCUT2D eigenvalue weighted by molar-refractivity contribution is 6.32. The van der Waals surface area contributed by atoms with Crippen LogP contribution in [0.2, 0.25) is 5.02 Å². The summed E-state index contributed by atoms with van der Waals surface area (Å²) in [5.41, 5.74) is 1.05. The number of nitrogens with zero attached hydrogens (tertiary/aromatic N) is 1. The number of rotatable bonds is 5. The first-order chi connectivity index (χ1) is 12.6. The van der Waals surface area contributed by atoms with Crippen LogP contribution in [-0.2, 0) is 16.2 Å². The molecule has 2 aromatic carbocycles. The number of oxime groups is 1. The zero-order valence-electron chi connectivity index (χ0n) is 13.7. The van der Waals surface area contributed by atoms with Gasteiger partial charge in [-0.25, -0.2) is 4.39 Å². The first kappa shape index (κ1) is 18.0. The van der Waals surface area contributed by atoms with Crippen LogP contribution in [-0.4, -0.2) is 25.3 Å². The Morgan fingerprint density at radius 3 is 3.00 bits per heavy atom. The van der Waals surface area contributed by atoms with E-state index in [0.29, 0.717) is 35.4 Å². The average molecular weight is 379 g/mol. The van der Waals surface area contributed by atoms with Crippen LogP contribution in [0.4, 0.5) is 10.1 Å². The molecule has 0 spiro atoms. The van der Waals surface area contributed by atoms with Gasteiger partial charge in [-0.1, -0.05) is 22.8 Å². The van der Waals surface area contributed by atoms with Crippen molar-refractivity contribution in [2.24, 2.45) is 5.16 Å². The molecular formula is C18H16ClFN2O4. The highest BCUT2D eigenvalue weighted by atomic mass is 35.5. The monoisotopic (exact) mass is 378 g/mol. The molecule has 1 aliphatic heterocycles. The maximum absolute atomic E-state index is 13.1. The number of hydrogen-bond acceptors (Lipinski definition) is 5. The number of anilines is 1. The molecular weight excluding hydrogens is 363 g/mol. The van der Waals surface area contributed by atoms with Gasteiger partial charge in [-0.15, -0.1) is 0 Å². The molecule has 0 saturated heterocycles. The van der Waals surface area contributed by atoms with E-state index in [0.717, 1.165) is 18.2 Å². The topological polar surface area (TPSA) is 69.2 Å². The van der Waals surface area contributed by atoms with Gasteiger partial charge in [0.1, 0.15) is 18.6 Å². The molecule has 0 aromatic heterocycles. The van der Waals surface area contributed by atoms with Crippen molar-refractivity contribution in [2.75, 3.05) is 18.5 Å². The lowest BCUT2D eigenvalue weighted by Gasteiger charge is -2.11. The van der Waals surface area contributed by atoms with Gasteiger partial charge in [-0.2, -0.15) is 0 Å². The summed E-state index contributed by atoms with van der Waals surface area (Å²) in [6, 6.07) is 8.99. The van der Waals surface area contributed by atoms with Gasteiger partial charge >= 0.3 is 0 Å². The van der Waals surface area contributed by atoms with Crippen LogP contribution >= 0.6 is 11.6 Å². The maximum atomic E-state index is 13.1. The quantitative estimate of drug-likeness (QED) is 0.635. The third-order valence-corrected chi connectivity index (χ3v) is 3.71. The molecule has 1 amide bonds. The first-order valence-corrected chi connectivity index (χ1v) is 8.29. The number of nitrogens with one attached hydrogen (secondary N) is 1. The van der Waals surface area contributed by atoms with Gasteiger partial charge in [0.25, 0.3) is 5.91 Å². The van der Waals surface area contributed by atoms with Crippen molar-refractivity contribution >= 4 is 29.4 Å². The summed E-state index contributed by atoms with van der Waals surface area (Å²) in [7, 11) is 0. The molecule has 6 nitrogen and oxygen atoms in total. The molecule has 0 radical (unpaired) electrons. The molecule has 3 rings (SSSR count). The fraction of sp³-hybridized carbons (Fsp3) is 0.222. The molecule has 2 aromatic rings. The molecule has 1 aliphatic rings. The number of carbonyl (C=O) groups is 1. The largest absolute Gasteiger partial charge is 0.489 e. The number of ether oxygens (including phenoxy) is 2. The second-order valence-electron chi connectivity index (χ2n) is 5.46. The Morgan fingerprint density at radius 1 is 1.31 bits per heavy atom. The van der Waals surface area contributed by atoms with Crippen molar-refractivity contribution < 1.29 is 23.5 Å². The minimum Gasteiger partial charge on any atom is -0.489 e. The SMILES string of the molecule is O=C(/C=N/OCc1cc(Cl)c2c(c1)OCCCO2)Nc1cccc(F)c1. The maximum Gasteiger partial charge on any atom is 0.270 e.